The van der Waals surface area contributed by atoms with Crippen molar-refractivity contribution < 1.29 is 14.3 Å². The number of ketones is 1. The van der Waals surface area contributed by atoms with Crippen LogP contribution in [0.4, 0.5) is 0 Å². The van der Waals surface area contributed by atoms with E-state index in [1.807, 2.05) is 12.2 Å². The Morgan fingerprint density at radius 2 is 2.15 bits per heavy atom. The van der Waals surface area contributed by atoms with Gasteiger partial charge in [0, 0.05) is 11.8 Å². The molecule has 2 aliphatic carbocycles. The van der Waals surface area contributed by atoms with Crippen molar-refractivity contribution >= 4 is 11.8 Å². The van der Waals surface area contributed by atoms with E-state index in [9.17, 15) is 9.59 Å². The number of fused-ring (bicyclic) bond motifs is 1. The van der Waals surface area contributed by atoms with Crippen molar-refractivity contribution in [2.75, 3.05) is 7.11 Å². The van der Waals surface area contributed by atoms with Gasteiger partial charge in [0.1, 0.15) is 0 Å². The minimum Gasteiger partial charge on any atom is -0.469 e. The van der Waals surface area contributed by atoms with E-state index < -0.39 is 0 Å². The molecule has 3 atom stereocenters. The normalized spacial score (nSPS) is 35.2. The van der Waals surface area contributed by atoms with Gasteiger partial charge in [0.15, 0.2) is 5.78 Å². The van der Waals surface area contributed by atoms with Crippen molar-refractivity contribution in [3.63, 3.8) is 0 Å². The van der Waals surface area contributed by atoms with Crippen molar-refractivity contribution in [2.45, 2.75) is 0 Å². The number of carbonyl (C=O) groups is 2. The standard InChI is InChI=1S/C10H10O3/c1-13-10(12)7-4-2-6-3-5-8(11)9(6)7/h2-7,9H,1H3/t6-,7-,9+/m1/s1. The third-order valence-electron chi connectivity index (χ3n) is 2.63. The van der Waals surface area contributed by atoms with Gasteiger partial charge >= 0.3 is 5.97 Å². The van der Waals surface area contributed by atoms with Crippen LogP contribution in [-0.4, -0.2) is 18.9 Å². The lowest BCUT2D eigenvalue weighted by Crippen LogP contribution is -2.26. The minimum atomic E-state index is -0.377. The average Bonchev–Trinajstić information content (AvgIpc) is 2.68. The molecule has 0 heterocycles. The molecule has 3 heteroatoms. The highest BCUT2D eigenvalue weighted by molar-refractivity contribution is 5.99. The zero-order valence-corrected chi connectivity index (χ0v) is 7.27. The minimum absolute atomic E-state index is 0.0328. The highest BCUT2D eigenvalue weighted by Gasteiger charge is 2.42. The summed E-state index contributed by atoms with van der Waals surface area (Å²) in [7, 11) is 1.34. The zero-order chi connectivity index (χ0) is 9.42. The molecule has 0 fully saturated rings. The molecule has 2 aliphatic rings. The van der Waals surface area contributed by atoms with Gasteiger partial charge in [0.05, 0.1) is 13.0 Å². The number of esters is 1. The van der Waals surface area contributed by atoms with E-state index in [0.29, 0.717) is 0 Å². The molecule has 0 spiro atoms. The molecule has 0 aromatic rings. The maximum atomic E-state index is 11.4. The van der Waals surface area contributed by atoms with Crippen LogP contribution in [0.1, 0.15) is 0 Å². The predicted octanol–water partition coefficient (Wildman–Crippen LogP) is 0.717. The third kappa shape index (κ3) is 1.11. The van der Waals surface area contributed by atoms with Crippen LogP contribution in [0.25, 0.3) is 0 Å². The van der Waals surface area contributed by atoms with Gasteiger partial charge in [-0.05, 0) is 6.08 Å². The lowest BCUT2D eigenvalue weighted by molar-refractivity contribution is -0.147. The molecule has 68 valence electrons. The number of ether oxygens (including phenoxy) is 1. The Bertz CT molecular complexity index is 314. The van der Waals surface area contributed by atoms with Gasteiger partial charge in [-0.15, -0.1) is 0 Å². The molecule has 0 bridgehead atoms. The summed E-state index contributed by atoms with van der Waals surface area (Å²) >= 11 is 0. The zero-order valence-electron chi connectivity index (χ0n) is 7.27. The molecule has 0 aromatic carbocycles. The van der Waals surface area contributed by atoms with Crippen molar-refractivity contribution in [3.05, 3.63) is 24.3 Å². The first-order chi connectivity index (χ1) is 6.24. The van der Waals surface area contributed by atoms with Crippen LogP contribution in [0, 0.1) is 17.8 Å². The molecule has 13 heavy (non-hydrogen) atoms. The second kappa shape index (κ2) is 2.83. The van der Waals surface area contributed by atoms with Gasteiger partial charge in [-0.25, -0.2) is 0 Å². The van der Waals surface area contributed by atoms with E-state index >= 15 is 0 Å². The number of rotatable bonds is 1. The highest BCUT2D eigenvalue weighted by Crippen LogP contribution is 2.37. The van der Waals surface area contributed by atoms with Crippen molar-refractivity contribution in [1.82, 2.24) is 0 Å². The first kappa shape index (κ1) is 8.23. The predicted molar refractivity (Wildman–Crippen MR) is 45.8 cm³/mol. The molecule has 0 saturated carbocycles. The van der Waals surface area contributed by atoms with Gasteiger partial charge < -0.3 is 4.74 Å². The largest absolute Gasteiger partial charge is 0.469 e. The Kier molecular flexibility index (Phi) is 1.79. The highest BCUT2D eigenvalue weighted by atomic mass is 16.5. The molecule has 0 unspecified atom stereocenters. The number of methoxy groups -OCH3 is 1. The molecule has 0 aromatic heterocycles. The smallest absolute Gasteiger partial charge is 0.313 e. The van der Waals surface area contributed by atoms with Gasteiger partial charge in [-0.2, -0.15) is 0 Å². The molecular weight excluding hydrogens is 168 g/mol. The van der Waals surface area contributed by atoms with E-state index in [2.05, 4.69) is 4.74 Å². The summed E-state index contributed by atoms with van der Waals surface area (Å²) < 4.78 is 4.62. The lowest BCUT2D eigenvalue weighted by atomic mass is 9.89. The fourth-order valence-electron chi connectivity index (χ4n) is 1.96. The van der Waals surface area contributed by atoms with Crippen molar-refractivity contribution in [2.24, 2.45) is 17.8 Å². The quantitative estimate of drug-likeness (QED) is 0.439. The van der Waals surface area contributed by atoms with Crippen LogP contribution in [0.2, 0.25) is 0 Å². The van der Waals surface area contributed by atoms with Crippen LogP contribution in [-0.2, 0) is 14.3 Å². The van der Waals surface area contributed by atoms with Crippen molar-refractivity contribution in [1.29, 1.82) is 0 Å². The molecular formula is C10H10O3. The summed E-state index contributed by atoms with van der Waals surface area (Å²) in [5, 5.41) is 0. The van der Waals surface area contributed by atoms with E-state index in [-0.39, 0.29) is 29.5 Å². The van der Waals surface area contributed by atoms with Gasteiger partial charge in [0.25, 0.3) is 0 Å². The fourth-order valence-corrected chi connectivity index (χ4v) is 1.96. The van der Waals surface area contributed by atoms with Crippen LogP contribution >= 0.6 is 0 Å². The van der Waals surface area contributed by atoms with E-state index in [1.165, 1.54) is 7.11 Å². The van der Waals surface area contributed by atoms with E-state index in [1.54, 1.807) is 12.2 Å². The second-order valence-corrected chi connectivity index (χ2v) is 3.30. The van der Waals surface area contributed by atoms with E-state index in [0.717, 1.165) is 0 Å². The molecule has 0 amide bonds. The molecule has 3 nitrogen and oxygen atoms in total. The maximum absolute atomic E-state index is 11.4. The number of carbonyl (C=O) groups excluding carboxylic acids is 2. The number of hydrogen-bond donors (Lipinski definition) is 0. The summed E-state index contributed by atoms with van der Waals surface area (Å²) in [5.74, 6) is -0.784. The number of hydrogen-bond acceptors (Lipinski definition) is 3. The monoisotopic (exact) mass is 178 g/mol. The number of allylic oxidation sites excluding steroid dienone is 3. The Labute approximate surface area is 76.1 Å². The first-order valence-corrected chi connectivity index (χ1v) is 4.22. The van der Waals surface area contributed by atoms with Crippen LogP contribution < -0.4 is 0 Å². The summed E-state index contributed by atoms with van der Waals surface area (Å²) in [5.41, 5.74) is 0. The summed E-state index contributed by atoms with van der Waals surface area (Å²) in [6.45, 7) is 0. The van der Waals surface area contributed by atoms with Crippen molar-refractivity contribution in [3.8, 4) is 0 Å². The van der Waals surface area contributed by atoms with E-state index in [4.69, 9.17) is 0 Å². The van der Waals surface area contributed by atoms with Crippen LogP contribution in [0.15, 0.2) is 24.3 Å². The molecule has 0 saturated heterocycles. The van der Waals surface area contributed by atoms with Gasteiger partial charge in [0.2, 0.25) is 0 Å². The van der Waals surface area contributed by atoms with Crippen LogP contribution in [0.5, 0.6) is 0 Å². The Hall–Kier alpha value is -1.38. The first-order valence-electron chi connectivity index (χ1n) is 4.22. The van der Waals surface area contributed by atoms with Gasteiger partial charge in [-0.3, -0.25) is 9.59 Å². The lowest BCUT2D eigenvalue weighted by Gasteiger charge is -2.14. The Morgan fingerprint density at radius 1 is 1.38 bits per heavy atom. The maximum Gasteiger partial charge on any atom is 0.313 e. The molecule has 2 rings (SSSR count). The summed E-state index contributed by atoms with van der Waals surface area (Å²) in [6, 6.07) is 0. The van der Waals surface area contributed by atoms with Crippen LogP contribution in [0.3, 0.4) is 0 Å². The Balaban J connectivity index is 2.22. The fraction of sp³-hybridized carbons (Fsp3) is 0.400. The second-order valence-electron chi connectivity index (χ2n) is 3.30. The topological polar surface area (TPSA) is 43.4 Å². The SMILES string of the molecule is COC(=O)[C@@H]1C=C[C@@H]2C=CC(=O)[C@@H]21. The molecule has 0 aliphatic heterocycles. The molecule has 0 radical (unpaired) electrons. The average molecular weight is 178 g/mol. The summed E-state index contributed by atoms with van der Waals surface area (Å²) in [6.07, 6.45) is 7.05. The molecule has 0 N–H and O–H groups in total. The van der Waals surface area contributed by atoms with Gasteiger partial charge in [-0.1, -0.05) is 18.2 Å². The summed E-state index contributed by atoms with van der Waals surface area (Å²) in [4.78, 5) is 22.6. The Morgan fingerprint density at radius 3 is 2.85 bits per heavy atom. The third-order valence-corrected chi connectivity index (χ3v) is 2.63.